The lowest BCUT2D eigenvalue weighted by Crippen LogP contribution is -2.20. The van der Waals surface area contributed by atoms with Crippen LogP contribution in [-0.4, -0.2) is 11.1 Å². The average Bonchev–Trinajstić information content (AvgIpc) is 2.33. The van der Waals surface area contributed by atoms with Crippen molar-refractivity contribution in [2.45, 2.75) is 45.1 Å². The predicted molar refractivity (Wildman–Crippen MR) is 61.2 cm³/mol. The second-order valence-corrected chi connectivity index (χ2v) is 4.29. The van der Waals surface area contributed by atoms with Gasteiger partial charge in [-0.15, -0.1) is 0 Å². The number of ether oxygens (including phenoxy) is 1. The van der Waals surface area contributed by atoms with Crippen LogP contribution in [0, 0.1) is 18.3 Å². The number of rotatable bonds is 2. The lowest BCUT2D eigenvalue weighted by Gasteiger charge is -2.23. The van der Waals surface area contributed by atoms with E-state index in [9.17, 15) is 0 Å². The number of aromatic nitrogens is 1. The number of pyridine rings is 1. The highest BCUT2D eigenvalue weighted by Gasteiger charge is 2.16. The summed E-state index contributed by atoms with van der Waals surface area (Å²) in [5, 5.41) is 8.98. The second-order valence-electron chi connectivity index (χ2n) is 4.29. The van der Waals surface area contributed by atoms with Gasteiger partial charge in [0.05, 0.1) is 6.10 Å². The number of hydrogen-bond donors (Lipinski definition) is 0. The fourth-order valence-electron chi connectivity index (χ4n) is 2.08. The van der Waals surface area contributed by atoms with Crippen molar-refractivity contribution in [3.63, 3.8) is 0 Å². The van der Waals surface area contributed by atoms with Crippen molar-refractivity contribution in [2.24, 2.45) is 0 Å². The van der Waals surface area contributed by atoms with Gasteiger partial charge in [0.1, 0.15) is 6.07 Å². The van der Waals surface area contributed by atoms with Crippen molar-refractivity contribution in [3.05, 3.63) is 23.5 Å². The molecule has 1 aliphatic carbocycles. The molecule has 1 heterocycles. The third-order valence-corrected chi connectivity index (χ3v) is 2.95. The standard InChI is InChI=1S/C13H16N2O/c1-10-7-8-13(12(9-14)15-10)16-11-5-3-2-4-6-11/h7-8,11H,2-6H2,1H3. The number of nitriles is 1. The molecule has 2 rings (SSSR count). The summed E-state index contributed by atoms with van der Waals surface area (Å²) in [7, 11) is 0. The van der Waals surface area contributed by atoms with Crippen LogP contribution in [0.1, 0.15) is 43.5 Å². The smallest absolute Gasteiger partial charge is 0.182 e. The van der Waals surface area contributed by atoms with Crippen LogP contribution in [0.3, 0.4) is 0 Å². The molecule has 1 aliphatic rings. The van der Waals surface area contributed by atoms with E-state index in [4.69, 9.17) is 10.00 Å². The number of hydrogen-bond acceptors (Lipinski definition) is 3. The molecule has 84 valence electrons. The summed E-state index contributed by atoms with van der Waals surface area (Å²) in [5.74, 6) is 0.639. The van der Waals surface area contributed by atoms with E-state index in [1.54, 1.807) is 0 Å². The fourth-order valence-corrected chi connectivity index (χ4v) is 2.08. The van der Waals surface area contributed by atoms with E-state index in [0.717, 1.165) is 18.5 Å². The zero-order valence-electron chi connectivity index (χ0n) is 9.57. The third-order valence-electron chi connectivity index (χ3n) is 2.95. The van der Waals surface area contributed by atoms with Crippen LogP contribution >= 0.6 is 0 Å². The van der Waals surface area contributed by atoms with Crippen LogP contribution in [0.4, 0.5) is 0 Å². The summed E-state index contributed by atoms with van der Waals surface area (Å²) in [6.07, 6.45) is 6.22. The highest BCUT2D eigenvalue weighted by molar-refractivity contribution is 5.38. The van der Waals surface area contributed by atoms with Gasteiger partial charge in [0, 0.05) is 5.69 Å². The summed E-state index contributed by atoms with van der Waals surface area (Å²) in [5.41, 5.74) is 1.26. The van der Waals surface area contributed by atoms with Crippen molar-refractivity contribution in [2.75, 3.05) is 0 Å². The lowest BCUT2D eigenvalue weighted by molar-refractivity contribution is 0.154. The Morgan fingerprint density at radius 2 is 2.06 bits per heavy atom. The van der Waals surface area contributed by atoms with Crippen LogP contribution < -0.4 is 4.74 Å². The minimum absolute atomic E-state index is 0.269. The molecule has 0 aromatic carbocycles. The van der Waals surface area contributed by atoms with Gasteiger partial charge in [-0.2, -0.15) is 5.26 Å². The largest absolute Gasteiger partial charge is 0.487 e. The van der Waals surface area contributed by atoms with Gasteiger partial charge in [-0.3, -0.25) is 0 Å². The average molecular weight is 216 g/mol. The van der Waals surface area contributed by atoms with Crippen molar-refractivity contribution >= 4 is 0 Å². The lowest BCUT2D eigenvalue weighted by atomic mass is 9.98. The molecular formula is C13H16N2O. The van der Waals surface area contributed by atoms with Gasteiger partial charge >= 0.3 is 0 Å². The first-order chi connectivity index (χ1) is 7.79. The Morgan fingerprint density at radius 3 is 2.75 bits per heavy atom. The fraction of sp³-hybridized carbons (Fsp3) is 0.538. The normalized spacial score (nSPS) is 16.8. The molecule has 1 saturated carbocycles. The van der Waals surface area contributed by atoms with Gasteiger partial charge in [-0.25, -0.2) is 4.98 Å². The molecule has 0 saturated heterocycles. The Labute approximate surface area is 96.1 Å². The highest BCUT2D eigenvalue weighted by atomic mass is 16.5. The van der Waals surface area contributed by atoms with Gasteiger partial charge in [0.25, 0.3) is 0 Å². The zero-order valence-corrected chi connectivity index (χ0v) is 9.57. The van der Waals surface area contributed by atoms with Crippen molar-refractivity contribution in [1.29, 1.82) is 5.26 Å². The molecule has 0 amide bonds. The second kappa shape index (κ2) is 4.98. The van der Waals surface area contributed by atoms with E-state index in [1.165, 1.54) is 19.3 Å². The van der Waals surface area contributed by atoms with Gasteiger partial charge in [0.2, 0.25) is 0 Å². The maximum atomic E-state index is 8.98. The van der Waals surface area contributed by atoms with Gasteiger partial charge in [-0.1, -0.05) is 6.42 Å². The first-order valence-corrected chi connectivity index (χ1v) is 5.84. The summed E-state index contributed by atoms with van der Waals surface area (Å²) in [6, 6.07) is 5.83. The summed E-state index contributed by atoms with van der Waals surface area (Å²) in [6.45, 7) is 1.88. The number of nitrogens with zero attached hydrogens (tertiary/aromatic N) is 2. The molecule has 0 bridgehead atoms. The van der Waals surface area contributed by atoms with Crippen LogP contribution in [0.5, 0.6) is 5.75 Å². The Morgan fingerprint density at radius 1 is 1.31 bits per heavy atom. The predicted octanol–water partition coefficient (Wildman–Crippen LogP) is 2.97. The van der Waals surface area contributed by atoms with Crippen LogP contribution in [0.2, 0.25) is 0 Å². The van der Waals surface area contributed by atoms with E-state index in [-0.39, 0.29) is 6.10 Å². The summed E-state index contributed by atoms with van der Waals surface area (Å²) in [4.78, 5) is 4.17. The molecular weight excluding hydrogens is 200 g/mol. The van der Waals surface area contributed by atoms with Gasteiger partial charge in [0.15, 0.2) is 11.4 Å². The van der Waals surface area contributed by atoms with Crippen molar-refractivity contribution in [3.8, 4) is 11.8 Å². The molecule has 3 heteroatoms. The molecule has 1 aromatic heterocycles. The maximum Gasteiger partial charge on any atom is 0.182 e. The SMILES string of the molecule is Cc1ccc(OC2CCCCC2)c(C#N)n1. The summed E-state index contributed by atoms with van der Waals surface area (Å²) >= 11 is 0. The van der Waals surface area contributed by atoms with E-state index in [2.05, 4.69) is 11.1 Å². The maximum absolute atomic E-state index is 8.98. The van der Waals surface area contributed by atoms with Crippen LogP contribution in [0.15, 0.2) is 12.1 Å². The zero-order chi connectivity index (χ0) is 11.4. The molecule has 3 nitrogen and oxygen atoms in total. The first kappa shape index (κ1) is 10.9. The van der Waals surface area contributed by atoms with E-state index in [1.807, 2.05) is 19.1 Å². The Hall–Kier alpha value is -1.56. The molecule has 0 aliphatic heterocycles. The monoisotopic (exact) mass is 216 g/mol. The van der Waals surface area contributed by atoms with Crippen LogP contribution in [-0.2, 0) is 0 Å². The first-order valence-electron chi connectivity index (χ1n) is 5.84. The Kier molecular flexibility index (Phi) is 3.40. The highest BCUT2D eigenvalue weighted by Crippen LogP contribution is 2.25. The Balaban J connectivity index is 2.11. The minimum atomic E-state index is 0.269. The third kappa shape index (κ3) is 2.52. The molecule has 0 N–H and O–H groups in total. The van der Waals surface area contributed by atoms with Gasteiger partial charge < -0.3 is 4.74 Å². The topological polar surface area (TPSA) is 45.9 Å². The van der Waals surface area contributed by atoms with Gasteiger partial charge in [-0.05, 0) is 44.7 Å². The van der Waals surface area contributed by atoms with E-state index >= 15 is 0 Å². The molecule has 16 heavy (non-hydrogen) atoms. The molecule has 0 atom stereocenters. The quantitative estimate of drug-likeness (QED) is 0.763. The molecule has 0 unspecified atom stereocenters. The van der Waals surface area contributed by atoms with E-state index < -0.39 is 0 Å². The molecule has 1 fully saturated rings. The summed E-state index contributed by atoms with van der Waals surface area (Å²) < 4.78 is 5.85. The number of aryl methyl sites for hydroxylation is 1. The molecule has 0 spiro atoms. The molecule has 0 radical (unpaired) electrons. The van der Waals surface area contributed by atoms with Crippen LogP contribution in [0.25, 0.3) is 0 Å². The molecule has 1 aromatic rings. The van der Waals surface area contributed by atoms with Crippen molar-refractivity contribution in [1.82, 2.24) is 4.98 Å². The van der Waals surface area contributed by atoms with E-state index in [0.29, 0.717) is 11.4 Å². The van der Waals surface area contributed by atoms with Crippen molar-refractivity contribution < 1.29 is 4.74 Å². The Bertz CT molecular complexity index is 403. The minimum Gasteiger partial charge on any atom is -0.487 e.